The van der Waals surface area contributed by atoms with Gasteiger partial charge >= 0.3 is 0 Å². The van der Waals surface area contributed by atoms with Gasteiger partial charge in [-0.1, -0.05) is 44.0 Å². The van der Waals surface area contributed by atoms with Crippen molar-refractivity contribution in [3.63, 3.8) is 0 Å². The zero-order valence-corrected chi connectivity index (χ0v) is 11.4. The van der Waals surface area contributed by atoms with Gasteiger partial charge in [0.25, 0.3) is 0 Å². The zero-order chi connectivity index (χ0) is 10.7. The van der Waals surface area contributed by atoms with Crippen molar-refractivity contribution in [1.29, 1.82) is 0 Å². The minimum atomic E-state index is -0.0819. The van der Waals surface area contributed by atoms with Gasteiger partial charge in [0.05, 0.1) is 4.83 Å². The van der Waals surface area contributed by atoms with Crippen molar-refractivity contribution < 1.29 is 4.79 Å². The van der Waals surface area contributed by atoms with Crippen molar-refractivity contribution in [3.05, 3.63) is 33.8 Å². The summed E-state index contributed by atoms with van der Waals surface area (Å²) in [6, 6.07) is 6.17. The van der Waals surface area contributed by atoms with E-state index >= 15 is 0 Å². The number of rotatable bonds is 3. The Labute approximate surface area is 101 Å². The molecule has 1 atom stereocenters. The van der Waals surface area contributed by atoms with Crippen LogP contribution in [-0.2, 0) is 11.2 Å². The lowest BCUT2D eigenvalue weighted by Crippen LogP contribution is -2.12. The quantitative estimate of drug-likeness (QED) is 0.777. The summed E-state index contributed by atoms with van der Waals surface area (Å²) in [5.74, 6) is 0.164. The minimum absolute atomic E-state index is 0.0819. The van der Waals surface area contributed by atoms with Crippen LogP contribution in [0.3, 0.4) is 0 Å². The van der Waals surface area contributed by atoms with E-state index in [2.05, 4.69) is 50.1 Å². The summed E-state index contributed by atoms with van der Waals surface area (Å²) >= 11 is 6.85. The highest BCUT2D eigenvalue weighted by molar-refractivity contribution is 9.10. The van der Waals surface area contributed by atoms with E-state index in [1.165, 1.54) is 5.56 Å². The third-order valence-electron chi connectivity index (χ3n) is 2.05. The van der Waals surface area contributed by atoms with Gasteiger partial charge in [0.2, 0.25) is 0 Å². The summed E-state index contributed by atoms with van der Waals surface area (Å²) in [5, 5.41) is 0. The molecule has 0 aromatic heterocycles. The number of hydrogen-bond donors (Lipinski definition) is 0. The van der Waals surface area contributed by atoms with Crippen molar-refractivity contribution in [2.45, 2.75) is 25.1 Å². The second-order valence-electron chi connectivity index (χ2n) is 3.38. The Balaban J connectivity index is 2.82. The fourth-order valence-electron chi connectivity index (χ4n) is 1.15. The SMILES string of the molecule is CC(=O)C(Br)Cc1ccc(C)cc1Br. The summed E-state index contributed by atoms with van der Waals surface area (Å²) in [7, 11) is 0. The molecule has 0 aliphatic rings. The molecule has 14 heavy (non-hydrogen) atoms. The Morgan fingerprint density at radius 1 is 1.50 bits per heavy atom. The van der Waals surface area contributed by atoms with Crippen molar-refractivity contribution in [2.75, 3.05) is 0 Å². The van der Waals surface area contributed by atoms with Crippen LogP contribution >= 0.6 is 31.9 Å². The first-order valence-corrected chi connectivity index (χ1v) is 6.11. The van der Waals surface area contributed by atoms with E-state index in [9.17, 15) is 4.79 Å². The molecule has 1 unspecified atom stereocenters. The molecule has 0 aliphatic carbocycles. The van der Waals surface area contributed by atoms with Crippen LogP contribution in [0.25, 0.3) is 0 Å². The Kier molecular flexibility index (Phi) is 4.32. The first-order chi connectivity index (χ1) is 6.50. The fraction of sp³-hybridized carbons (Fsp3) is 0.364. The molecule has 0 fully saturated rings. The van der Waals surface area contributed by atoms with Gasteiger partial charge in [-0.2, -0.15) is 0 Å². The van der Waals surface area contributed by atoms with Gasteiger partial charge in [-0.15, -0.1) is 0 Å². The smallest absolute Gasteiger partial charge is 0.143 e. The van der Waals surface area contributed by atoms with Crippen LogP contribution in [0, 0.1) is 6.92 Å². The highest BCUT2D eigenvalue weighted by Crippen LogP contribution is 2.21. The van der Waals surface area contributed by atoms with Gasteiger partial charge < -0.3 is 0 Å². The molecule has 76 valence electrons. The maximum atomic E-state index is 11.1. The summed E-state index contributed by atoms with van der Waals surface area (Å²) < 4.78 is 1.07. The largest absolute Gasteiger partial charge is 0.299 e. The molecule has 0 bridgehead atoms. The van der Waals surface area contributed by atoms with Crippen molar-refractivity contribution >= 4 is 37.6 Å². The highest BCUT2D eigenvalue weighted by Gasteiger charge is 2.12. The van der Waals surface area contributed by atoms with E-state index in [1.807, 2.05) is 6.92 Å². The van der Waals surface area contributed by atoms with Crippen LogP contribution in [0.1, 0.15) is 18.1 Å². The minimum Gasteiger partial charge on any atom is -0.299 e. The Bertz CT molecular complexity index is 347. The van der Waals surface area contributed by atoms with Crippen LogP contribution in [-0.4, -0.2) is 10.6 Å². The second kappa shape index (κ2) is 5.08. The number of carbonyl (C=O) groups is 1. The van der Waals surface area contributed by atoms with Gasteiger partial charge in [-0.05, 0) is 37.5 Å². The van der Waals surface area contributed by atoms with Crippen molar-refractivity contribution in [1.82, 2.24) is 0 Å². The van der Waals surface area contributed by atoms with Gasteiger partial charge in [-0.3, -0.25) is 4.79 Å². The Morgan fingerprint density at radius 2 is 2.14 bits per heavy atom. The molecule has 3 heteroatoms. The predicted octanol–water partition coefficient (Wildman–Crippen LogP) is 3.65. The van der Waals surface area contributed by atoms with Crippen LogP contribution in [0.2, 0.25) is 0 Å². The van der Waals surface area contributed by atoms with Crippen molar-refractivity contribution in [3.8, 4) is 0 Å². The highest BCUT2D eigenvalue weighted by atomic mass is 79.9. The summed E-state index contributed by atoms with van der Waals surface area (Å²) in [5.41, 5.74) is 2.38. The van der Waals surface area contributed by atoms with E-state index in [0.29, 0.717) is 0 Å². The predicted molar refractivity (Wildman–Crippen MR) is 66.0 cm³/mol. The van der Waals surface area contributed by atoms with E-state index in [0.717, 1.165) is 16.5 Å². The van der Waals surface area contributed by atoms with Crippen molar-refractivity contribution in [2.24, 2.45) is 0 Å². The number of aryl methyl sites for hydroxylation is 1. The first kappa shape index (κ1) is 11.9. The normalized spacial score (nSPS) is 12.6. The lowest BCUT2D eigenvalue weighted by Gasteiger charge is -2.08. The van der Waals surface area contributed by atoms with Crippen LogP contribution in [0.5, 0.6) is 0 Å². The van der Waals surface area contributed by atoms with Crippen LogP contribution in [0.4, 0.5) is 0 Å². The summed E-state index contributed by atoms with van der Waals surface area (Å²) in [6.45, 7) is 3.65. The molecule has 0 radical (unpaired) electrons. The van der Waals surface area contributed by atoms with Crippen LogP contribution < -0.4 is 0 Å². The molecule has 1 aromatic carbocycles. The number of alkyl halides is 1. The van der Waals surface area contributed by atoms with Gasteiger partial charge in [0, 0.05) is 4.47 Å². The molecule has 0 amide bonds. The lowest BCUT2D eigenvalue weighted by atomic mass is 10.1. The molecule has 1 aromatic rings. The van der Waals surface area contributed by atoms with Crippen LogP contribution in [0.15, 0.2) is 22.7 Å². The molecule has 1 rings (SSSR count). The standard InChI is InChI=1S/C11H12Br2O/c1-7-3-4-9(11(13)5-7)6-10(12)8(2)14/h3-5,10H,6H2,1-2H3. The molecule has 0 saturated heterocycles. The number of benzene rings is 1. The average Bonchev–Trinajstić information content (AvgIpc) is 2.09. The molecule has 0 saturated carbocycles. The third-order valence-corrected chi connectivity index (χ3v) is 3.76. The molecule has 0 N–H and O–H groups in total. The summed E-state index contributed by atoms with van der Waals surface area (Å²) in [6.07, 6.45) is 0.732. The summed E-state index contributed by atoms with van der Waals surface area (Å²) in [4.78, 5) is 11.0. The van der Waals surface area contributed by atoms with E-state index < -0.39 is 0 Å². The number of carbonyl (C=O) groups excluding carboxylic acids is 1. The second-order valence-corrected chi connectivity index (χ2v) is 5.34. The maximum absolute atomic E-state index is 11.1. The number of hydrogen-bond acceptors (Lipinski definition) is 1. The maximum Gasteiger partial charge on any atom is 0.143 e. The van der Waals surface area contributed by atoms with Gasteiger partial charge in [0.1, 0.15) is 5.78 Å². The number of Topliss-reactive ketones (excluding diaryl/α,β-unsaturated/α-hetero) is 1. The molecule has 0 heterocycles. The average molecular weight is 320 g/mol. The third kappa shape index (κ3) is 3.21. The molecular formula is C11H12Br2O. The van der Waals surface area contributed by atoms with Gasteiger partial charge in [0.15, 0.2) is 0 Å². The van der Waals surface area contributed by atoms with E-state index in [4.69, 9.17) is 0 Å². The monoisotopic (exact) mass is 318 g/mol. The number of halogens is 2. The van der Waals surface area contributed by atoms with E-state index in [-0.39, 0.29) is 10.6 Å². The Hall–Kier alpha value is -0.150. The molecular weight excluding hydrogens is 308 g/mol. The molecule has 0 spiro atoms. The molecule has 0 aliphatic heterocycles. The lowest BCUT2D eigenvalue weighted by molar-refractivity contribution is -0.116. The fourth-order valence-corrected chi connectivity index (χ4v) is 2.16. The molecule has 1 nitrogen and oxygen atoms in total. The number of ketones is 1. The first-order valence-electron chi connectivity index (χ1n) is 4.40. The topological polar surface area (TPSA) is 17.1 Å². The van der Waals surface area contributed by atoms with E-state index in [1.54, 1.807) is 6.92 Å². The Morgan fingerprint density at radius 3 is 2.64 bits per heavy atom. The van der Waals surface area contributed by atoms with Gasteiger partial charge in [-0.25, -0.2) is 0 Å². The zero-order valence-electron chi connectivity index (χ0n) is 8.18.